The van der Waals surface area contributed by atoms with Crippen LogP contribution in [-0.2, 0) is 0 Å². The van der Waals surface area contributed by atoms with E-state index >= 15 is 0 Å². The van der Waals surface area contributed by atoms with E-state index in [1.54, 1.807) is 0 Å². The van der Waals surface area contributed by atoms with Crippen molar-refractivity contribution < 1.29 is 4.74 Å². The van der Waals surface area contributed by atoms with Gasteiger partial charge in [0.1, 0.15) is 5.69 Å². The molecule has 0 spiro atoms. The Hall–Kier alpha value is -1.10. The lowest BCUT2D eigenvalue weighted by molar-refractivity contribution is 0.398. The zero-order valence-electron chi connectivity index (χ0n) is 6.34. The Morgan fingerprint density at radius 2 is 2.27 bits per heavy atom. The van der Waals surface area contributed by atoms with Gasteiger partial charge in [-0.3, -0.25) is 0 Å². The van der Waals surface area contributed by atoms with Gasteiger partial charge in [0.2, 0.25) is 10.7 Å². The summed E-state index contributed by atoms with van der Waals surface area (Å²) in [5.74, 6) is 0.381. The Labute approximate surface area is 69.4 Å². The Morgan fingerprint density at radius 3 is 2.82 bits per heavy atom. The fourth-order valence-corrected chi connectivity index (χ4v) is 0.960. The molecule has 60 valence electrons. The molecule has 0 unspecified atom stereocenters. The minimum absolute atomic E-state index is 0.381. The van der Waals surface area contributed by atoms with Gasteiger partial charge in [-0.2, -0.15) is 4.98 Å². The zero-order valence-corrected chi connectivity index (χ0v) is 7.16. The summed E-state index contributed by atoms with van der Waals surface area (Å²) in [6.45, 7) is 1.81. The predicted octanol–water partition coefficient (Wildman–Crippen LogP) is 1.04. The number of nitrogens with zero attached hydrogens (tertiary/aromatic N) is 1. The third kappa shape index (κ3) is 1.48. The number of anilines is 1. The van der Waals surface area contributed by atoms with E-state index in [9.17, 15) is 0 Å². The van der Waals surface area contributed by atoms with Crippen LogP contribution in [0.2, 0.25) is 0 Å². The van der Waals surface area contributed by atoms with Crippen molar-refractivity contribution in [1.29, 1.82) is 0 Å². The lowest BCUT2D eigenvalue weighted by Crippen LogP contribution is -2.00. The highest BCUT2D eigenvalue weighted by atomic mass is 32.1. The van der Waals surface area contributed by atoms with Crippen LogP contribution in [0.1, 0.15) is 5.69 Å². The lowest BCUT2D eigenvalue weighted by atomic mass is 10.4. The molecule has 1 aromatic heterocycles. The van der Waals surface area contributed by atoms with Crippen molar-refractivity contribution in [3.8, 4) is 5.88 Å². The number of nitrogen functional groups attached to an aromatic ring is 1. The lowest BCUT2D eigenvalue weighted by Gasteiger charge is -2.04. The van der Waals surface area contributed by atoms with Gasteiger partial charge in [0, 0.05) is 5.69 Å². The second kappa shape index (κ2) is 2.87. The van der Waals surface area contributed by atoms with Gasteiger partial charge in [-0.1, -0.05) is 0 Å². The van der Waals surface area contributed by atoms with E-state index < -0.39 is 0 Å². The molecule has 0 bridgehead atoms. The quantitative estimate of drug-likeness (QED) is 0.620. The number of methoxy groups -OCH3 is 1. The summed E-state index contributed by atoms with van der Waals surface area (Å²) in [7, 11) is 1.51. The molecule has 1 rings (SSSR count). The third-order valence-corrected chi connectivity index (χ3v) is 1.52. The number of hydrogen-bond acceptors (Lipinski definition) is 4. The van der Waals surface area contributed by atoms with Gasteiger partial charge in [0.15, 0.2) is 0 Å². The molecule has 1 heterocycles. The van der Waals surface area contributed by atoms with Crippen molar-refractivity contribution in [3.63, 3.8) is 0 Å². The first-order valence-electron chi connectivity index (χ1n) is 3.05. The summed E-state index contributed by atoms with van der Waals surface area (Å²) in [5, 5.41) is 0. The van der Waals surface area contributed by atoms with E-state index in [2.05, 4.69) is 9.97 Å². The van der Waals surface area contributed by atoms with Crippen LogP contribution in [0.3, 0.4) is 0 Å². The predicted molar refractivity (Wildman–Crippen MR) is 45.1 cm³/mol. The second-order valence-electron chi connectivity index (χ2n) is 2.09. The van der Waals surface area contributed by atoms with Gasteiger partial charge in [0.25, 0.3) is 0 Å². The standard InChI is InChI=1S/C6H9N3OS/c1-3-4(7)5(10-2)9-6(11)8-3/h7H2,1-2H3,(H,8,9,11). The first-order valence-corrected chi connectivity index (χ1v) is 3.46. The molecule has 1 aromatic rings. The van der Waals surface area contributed by atoms with Crippen molar-refractivity contribution in [2.24, 2.45) is 0 Å². The van der Waals surface area contributed by atoms with Crippen molar-refractivity contribution in [2.75, 3.05) is 12.8 Å². The molecule has 3 N–H and O–H groups in total. The number of nitrogens with two attached hydrogens (primary N) is 1. The maximum absolute atomic E-state index is 5.60. The SMILES string of the molecule is COc1nc(=S)[nH]c(C)c1N. The maximum atomic E-state index is 5.60. The van der Waals surface area contributed by atoms with Crippen molar-refractivity contribution >= 4 is 17.9 Å². The van der Waals surface area contributed by atoms with E-state index in [1.807, 2.05) is 6.92 Å². The molecule has 0 saturated heterocycles. The summed E-state index contributed by atoms with van der Waals surface area (Å²) in [4.78, 5) is 6.68. The molecule has 0 aliphatic rings. The highest BCUT2D eigenvalue weighted by molar-refractivity contribution is 7.71. The summed E-state index contributed by atoms with van der Waals surface area (Å²) in [6.07, 6.45) is 0. The number of hydrogen-bond donors (Lipinski definition) is 2. The van der Waals surface area contributed by atoms with Gasteiger partial charge in [-0.25, -0.2) is 0 Å². The Morgan fingerprint density at radius 1 is 1.64 bits per heavy atom. The maximum Gasteiger partial charge on any atom is 0.241 e. The first kappa shape index (κ1) is 8.00. The fraction of sp³-hybridized carbons (Fsp3) is 0.333. The topological polar surface area (TPSA) is 63.9 Å². The number of nitrogens with one attached hydrogen (secondary N) is 1. The fourth-order valence-electron chi connectivity index (χ4n) is 0.724. The Bertz CT molecular complexity index is 320. The Balaban J connectivity index is 3.36. The number of ether oxygens (including phenoxy) is 1. The van der Waals surface area contributed by atoms with Gasteiger partial charge in [-0.15, -0.1) is 0 Å². The normalized spacial score (nSPS) is 9.64. The molecule has 0 aliphatic heterocycles. The minimum Gasteiger partial charge on any atom is -0.479 e. The molecular formula is C6H9N3OS. The summed E-state index contributed by atoms with van der Waals surface area (Å²) in [6, 6.07) is 0. The van der Waals surface area contributed by atoms with Crippen LogP contribution < -0.4 is 10.5 Å². The van der Waals surface area contributed by atoms with Crippen molar-refractivity contribution in [3.05, 3.63) is 10.5 Å². The molecule has 0 radical (unpaired) electrons. The zero-order chi connectivity index (χ0) is 8.43. The highest BCUT2D eigenvalue weighted by Crippen LogP contribution is 2.18. The van der Waals surface area contributed by atoms with Crippen molar-refractivity contribution in [1.82, 2.24) is 9.97 Å². The van der Waals surface area contributed by atoms with E-state index in [4.69, 9.17) is 22.7 Å². The number of aryl methyl sites for hydroxylation is 1. The molecule has 0 aromatic carbocycles. The second-order valence-corrected chi connectivity index (χ2v) is 2.48. The molecule has 11 heavy (non-hydrogen) atoms. The van der Waals surface area contributed by atoms with Gasteiger partial charge in [-0.05, 0) is 19.1 Å². The molecule has 4 nitrogen and oxygen atoms in total. The molecule has 0 saturated carbocycles. The molecule has 0 fully saturated rings. The van der Waals surface area contributed by atoms with Gasteiger partial charge in [0.05, 0.1) is 7.11 Å². The number of H-pyrrole nitrogens is 1. The smallest absolute Gasteiger partial charge is 0.241 e. The summed E-state index contributed by atoms with van der Waals surface area (Å²) in [5.41, 5.74) is 6.88. The third-order valence-electron chi connectivity index (χ3n) is 1.33. The van der Waals surface area contributed by atoms with Crippen LogP contribution in [0.25, 0.3) is 0 Å². The summed E-state index contributed by atoms with van der Waals surface area (Å²) < 4.78 is 5.27. The van der Waals surface area contributed by atoms with Crippen LogP contribution in [-0.4, -0.2) is 17.1 Å². The van der Waals surface area contributed by atoms with Gasteiger partial charge >= 0.3 is 0 Å². The van der Waals surface area contributed by atoms with Crippen LogP contribution in [0.15, 0.2) is 0 Å². The molecule has 0 aliphatic carbocycles. The molecule has 0 atom stereocenters. The first-order chi connectivity index (χ1) is 5.15. The van der Waals surface area contributed by atoms with Crippen LogP contribution in [0.5, 0.6) is 5.88 Å². The van der Waals surface area contributed by atoms with E-state index in [0.29, 0.717) is 16.3 Å². The number of rotatable bonds is 1. The number of aromatic nitrogens is 2. The van der Waals surface area contributed by atoms with E-state index in [0.717, 1.165) is 5.69 Å². The van der Waals surface area contributed by atoms with E-state index in [-0.39, 0.29) is 0 Å². The largest absolute Gasteiger partial charge is 0.479 e. The highest BCUT2D eigenvalue weighted by Gasteiger charge is 2.02. The van der Waals surface area contributed by atoms with Gasteiger partial charge < -0.3 is 15.5 Å². The van der Waals surface area contributed by atoms with Crippen LogP contribution in [0, 0.1) is 11.7 Å². The monoisotopic (exact) mass is 171 g/mol. The molecule has 5 heteroatoms. The summed E-state index contributed by atoms with van der Waals surface area (Å²) >= 11 is 4.81. The molecule has 0 amide bonds. The Kier molecular flexibility index (Phi) is 2.09. The molecular weight excluding hydrogens is 162 g/mol. The average Bonchev–Trinajstić information content (AvgIpc) is 1.96. The average molecular weight is 171 g/mol. The minimum atomic E-state index is 0.381. The van der Waals surface area contributed by atoms with Crippen molar-refractivity contribution in [2.45, 2.75) is 6.92 Å². The van der Waals surface area contributed by atoms with E-state index in [1.165, 1.54) is 7.11 Å². The van der Waals surface area contributed by atoms with Crippen LogP contribution in [0.4, 0.5) is 5.69 Å². The van der Waals surface area contributed by atoms with Crippen LogP contribution >= 0.6 is 12.2 Å². The number of aromatic amines is 1.